The quantitative estimate of drug-likeness (QED) is 0.349. The number of allylic oxidation sites excluding steroid dienone is 1. The molecule has 1 rings (SSSR count). The molecule has 0 aromatic heterocycles. The minimum absolute atomic E-state index is 0.209. The molecule has 0 radical (unpaired) electrons. The van der Waals surface area contributed by atoms with E-state index in [2.05, 4.69) is 5.55 Å². The summed E-state index contributed by atoms with van der Waals surface area (Å²) in [4.78, 5) is 9.72. The van der Waals surface area contributed by atoms with E-state index in [0.717, 1.165) is 10.6 Å². The Morgan fingerprint density at radius 3 is 2.67 bits per heavy atom. The van der Waals surface area contributed by atoms with Crippen LogP contribution >= 0.6 is 0 Å². The van der Waals surface area contributed by atoms with Gasteiger partial charge in [0.2, 0.25) is 0 Å². The molecule has 0 aliphatic carbocycles. The van der Waals surface area contributed by atoms with Crippen molar-refractivity contribution in [3.05, 3.63) is 10.3 Å². The van der Waals surface area contributed by atoms with Crippen LogP contribution in [0.5, 0.6) is 0 Å². The van der Waals surface area contributed by atoms with Gasteiger partial charge in [0.05, 0.1) is 0 Å². The molecule has 1 aliphatic rings. The van der Waals surface area contributed by atoms with Gasteiger partial charge in [-0.1, -0.05) is 0 Å². The van der Waals surface area contributed by atoms with Crippen molar-refractivity contribution < 1.29 is 4.79 Å². The van der Waals surface area contributed by atoms with Gasteiger partial charge < -0.3 is 0 Å². The van der Waals surface area contributed by atoms with Crippen molar-refractivity contribution in [1.82, 2.24) is 0 Å². The van der Waals surface area contributed by atoms with Crippen molar-refractivity contribution in [3.8, 4) is 0 Å². The number of hydrogen-bond donors (Lipinski definition) is 0. The second kappa shape index (κ2) is 1.66. The number of rotatable bonds is 1. The fourth-order valence-corrected chi connectivity index (χ4v) is 1.03. The van der Waals surface area contributed by atoms with Crippen LogP contribution in [0.15, 0.2) is 10.3 Å². The molecule has 0 fully saturated rings. The summed E-state index contributed by atoms with van der Waals surface area (Å²) in [7, 11) is 0. The third-order valence-electron chi connectivity index (χ3n) is 0.590. The van der Waals surface area contributed by atoms with Crippen LogP contribution in [0.4, 0.5) is 0 Å². The Morgan fingerprint density at radius 1 is 2.00 bits per heavy atom. The number of aldehydes is 1. The molecule has 0 unspecified atom stereocenters. The van der Waals surface area contributed by atoms with Crippen molar-refractivity contribution >= 4 is 27.0 Å². The van der Waals surface area contributed by atoms with Gasteiger partial charge in [-0.15, -0.1) is 0 Å². The van der Waals surface area contributed by atoms with Crippen LogP contribution in [0, 0.1) is 0 Å². The third-order valence-corrected chi connectivity index (χ3v) is 2.37. The Bertz CT molecular complexity index is 123. The first-order valence-corrected chi connectivity index (χ1v) is 3.65. The van der Waals surface area contributed by atoms with E-state index in [1.165, 1.54) is 0 Å². The normalized spacial score (nSPS) is 17.0. The minimum atomic E-state index is 0.209. The average molecular weight is 140 g/mol. The van der Waals surface area contributed by atoms with Crippen LogP contribution in [0.1, 0.15) is 0 Å². The molecule has 3 heteroatoms. The van der Waals surface area contributed by atoms with Crippen LogP contribution in [-0.2, 0) is 4.79 Å². The van der Waals surface area contributed by atoms with Crippen molar-refractivity contribution in [2.75, 3.05) is 0 Å². The van der Waals surface area contributed by atoms with E-state index >= 15 is 0 Å². The van der Waals surface area contributed by atoms with Crippen LogP contribution in [0.2, 0.25) is 0 Å². The molecule has 6 heavy (non-hydrogen) atoms. The van der Waals surface area contributed by atoms with Crippen molar-refractivity contribution in [2.45, 2.75) is 0 Å². The molecule has 1 nitrogen and oxygen atoms in total. The predicted octanol–water partition coefficient (Wildman–Crippen LogP) is -0.636. The molecule has 0 saturated carbocycles. The number of carbonyl (C=O) groups excluding carboxylic acids is 1. The van der Waals surface area contributed by atoms with E-state index in [0.29, 0.717) is 0 Å². The average Bonchev–Trinajstić information content (AvgIpc) is 1.31. The standard InChI is InChI=1S/C3H2AsBO/c6-2-3-1-5-4-3/h1-2H. The summed E-state index contributed by atoms with van der Waals surface area (Å²) >= 11 is 0.209. The van der Waals surface area contributed by atoms with Crippen LogP contribution in [0.3, 0.4) is 0 Å². The molecule has 0 bridgehead atoms. The number of hydrogen-bond acceptors (Lipinski definition) is 1. The van der Waals surface area contributed by atoms with Crippen LogP contribution < -0.4 is 0 Å². The molecule has 1 heterocycles. The van der Waals surface area contributed by atoms with Crippen molar-refractivity contribution in [2.24, 2.45) is 0 Å². The Hall–Kier alpha value is 0.0334. The SMILES string of the molecule is O=CC1=CB=[As]1. The van der Waals surface area contributed by atoms with E-state index in [1.54, 1.807) is 0 Å². The van der Waals surface area contributed by atoms with Gasteiger partial charge in [-0.05, 0) is 0 Å². The van der Waals surface area contributed by atoms with Crippen molar-refractivity contribution in [1.29, 1.82) is 0 Å². The van der Waals surface area contributed by atoms with E-state index in [9.17, 15) is 4.79 Å². The topological polar surface area (TPSA) is 17.1 Å². The van der Waals surface area contributed by atoms with Gasteiger partial charge in [0.25, 0.3) is 0 Å². The Morgan fingerprint density at radius 2 is 2.67 bits per heavy atom. The summed E-state index contributed by atoms with van der Waals surface area (Å²) in [5, 5.41) is 0. The van der Waals surface area contributed by atoms with Gasteiger partial charge in [-0.2, -0.15) is 0 Å². The Labute approximate surface area is 42.7 Å². The maximum atomic E-state index is 9.72. The zero-order chi connectivity index (χ0) is 4.41. The summed E-state index contributed by atoms with van der Waals surface area (Å²) in [6.07, 6.45) is 0.931. The fourth-order valence-electron chi connectivity index (χ4n) is 0.230. The molecule has 0 aromatic carbocycles. The van der Waals surface area contributed by atoms with Gasteiger partial charge >= 0.3 is 42.1 Å². The van der Waals surface area contributed by atoms with Gasteiger partial charge in [0.15, 0.2) is 0 Å². The molecule has 0 spiro atoms. The second-order valence-corrected chi connectivity index (χ2v) is 3.24. The second-order valence-electron chi connectivity index (χ2n) is 0.988. The molecule has 0 N–H and O–H groups in total. The van der Waals surface area contributed by atoms with Gasteiger partial charge in [-0.25, -0.2) is 0 Å². The number of carbonyl (C=O) groups is 1. The first-order valence-electron chi connectivity index (χ1n) is 1.63. The summed E-state index contributed by atoms with van der Waals surface area (Å²) < 4.78 is 1.01. The molecular weight excluding hydrogens is 138 g/mol. The molecule has 28 valence electrons. The Balaban J connectivity index is 2.57. The first-order chi connectivity index (χ1) is 2.93. The van der Waals surface area contributed by atoms with E-state index in [-0.39, 0.29) is 15.1 Å². The van der Waals surface area contributed by atoms with Crippen molar-refractivity contribution in [3.63, 3.8) is 0 Å². The third kappa shape index (κ3) is 0.575. The van der Waals surface area contributed by atoms with Crippen LogP contribution in [-0.4, -0.2) is 27.0 Å². The van der Waals surface area contributed by atoms with Crippen LogP contribution in [0.25, 0.3) is 0 Å². The summed E-state index contributed by atoms with van der Waals surface area (Å²) in [6.45, 7) is 0. The molecular formula is C3H2AsBO. The molecule has 0 atom stereocenters. The summed E-state index contributed by atoms with van der Waals surface area (Å²) in [6, 6.07) is 0. The summed E-state index contributed by atoms with van der Waals surface area (Å²) in [5.74, 6) is 1.87. The monoisotopic (exact) mass is 140 g/mol. The van der Waals surface area contributed by atoms with E-state index < -0.39 is 0 Å². The molecule has 0 aromatic rings. The van der Waals surface area contributed by atoms with Gasteiger partial charge in [-0.3, -0.25) is 0 Å². The fraction of sp³-hybridized carbons (Fsp3) is 0. The zero-order valence-electron chi connectivity index (χ0n) is 3.09. The maximum absolute atomic E-state index is 9.72. The van der Waals surface area contributed by atoms with Gasteiger partial charge in [0.1, 0.15) is 0 Å². The Kier molecular flexibility index (Phi) is 1.16. The molecule has 0 amide bonds. The zero-order valence-corrected chi connectivity index (χ0v) is 4.96. The first kappa shape index (κ1) is 4.20. The molecule has 0 saturated heterocycles. The van der Waals surface area contributed by atoms with E-state index in [4.69, 9.17) is 0 Å². The van der Waals surface area contributed by atoms with E-state index in [1.807, 2.05) is 5.98 Å². The summed E-state index contributed by atoms with van der Waals surface area (Å²) in [5.41, 5.74) is 2.06. The van der Waals surface area contributed by atoms with Gasteiger partial charge in [0, 0.05) is 0 Å². The predicted molar refractivity (Wildman–Crippen MR) is 25.7 cm³/mol. The molecule has 1 aliphatic heterocycles.